The lowest BCUT2D eigenvalue weighted by atomic mass is 10.2. The van der Waals surface area contributed by atoms with Crippen molar-refractivity contribution in [3.8, 4) is 11.4 Å². The van der Waals surface area contributed by atoms with Gasteiger partial charge in [0.25, 0.3) is 0 Å². The Bertz CT molecular complexity index is 500. The number of rotatable bonds is 3. The van der Waals surface area contributed by atoms with E-state index >= 15 is 0 Å². The zero-order valence-electron chi connectivity index (χ0n) is 8.37. The molecular weight excluding hydrogens is 206 g/mol. The predicted molar refractivity (Wildman–Crippen MR) is 56.6 cm³/mol. The van der Waals surface area contributed by atoms with E-state index in [1.165, 1.54) is 6.20 Å². The minimum Gasteiger partial charge on any atom is -0.481 e. The molecule has 0 saturated heterocycles. The van der Waals surface area contributed by atoms with Crippen molar-refractivity contribution < 1.29 is 9.90 Å². The molecule has 0 radical (unpaired) electrons. The molecule has 0 aliphatic carbocycles. The van der Waals surface area contributed by atoms with Crippen LogP contribution in [-0.2, 0) is 11.2 Å². The van der Waals surface area contributed by atoms with E-state index in [0.717, 1.165) is 0 Å². The molecule has 0 amide bonds. The molecule has 0 aliphatic heterocycles. The summed E-state index contributed by atoms with van der Waals surface area (Å²) in [6.07, 6.45) is 3.02. The summed E-state index contributed by atoms with van der Waals surface area (Å²) in [5.74, 6) is -0.658. The lowest BCUT2D eigenvalue weighted by Gasteiger charge is -2.00. The monoisotopic (exact) mass is 215 g/mol. The molecule has 0 spiro atoms. The normalized spacial score (nSPS) is 10.0. The maximum Gasteiger partial charge on any atom is 0.311 e. The van der Waals surface area contributed by atoms with Crippen molar-refractivity contribution >= 4 is 5.97 Å². The highest BCUT2D eigenvalue weighted by Crippen LogP contribution is 2.12. The Balaban J connectivity index is 2.33. The molecule has 0 saturated carbocycles. The van der Waals surface area contributed by atoms with E-state index in [9.17, 15) is 4.79 Å². The molecule has 0 aromatic carbocycles. The van der Waals surface area contributed by atoms with Crippen LogP contribution in [0.25, 0.3) is 11.4 Å². The summed E-state index contributed by atoms with van der Waals surface area (Å²) >= 11 is 0. The fourth-order valence-electron chi connectivity index (χ4n) is 1.28. The summed E-state index contributed by atoms with van der Waals surface area (Å²) in [6.45, 7) is 0. The van der Waals surface area contributed by atoms with E-state index in [4.69, 9.17) is 5.11 Å². The number of aliphatic carboxylic acids is 1. The summed E-state index contributed by atoms with van der Waals surface area (Å²) < 4.78 is 0. The van der Waals surface area contributed by atoms with Crippen LogP contribution in [0.1, 0.15) is 5.82 Å². The molecule has 5 nitrogen and oxygen atoms in total. The Morgan fingerprint density at radius 2 is 2.00 bits per heavy atom. The summed E-state index contributed by atoms with van der Waals surface area (Å²) in [4.78, 5) is 22.7. The third kappa shape index (κ3) is 2.38. The first-order valence-corrected chi connectivity index (χ1v) is 4.71. The van der Waals surface area contributed by atoms with Crippen LogP contribution in [0.2, 0.25) is 0 Å². The standard InChI is InChI=1S/C11H9N3O2/c15-11(16)7-10-13-6-4-9(14-10)8-3-1-2-5-12-8/h1-6H,7H2,(H,15,16). The van der Waals surface area contributed by atoms with Crippen LogP contribution in [0, 0.1) is 0 Å². The van der Waals surface area contributed by atoms with E-state index in [1.54, 1.807) is 12.3 Å². The molecule has 16 heavy (non-hydrogen) atoms. The number of nitrogens with zero attached hydrogens (tertiary/aromatic N) is 3. The molecule has 2 heterocycles. The third-order valence-electron chi connectivity index (χ3n) is 1.94. The second-order valence-electron chi connectivity index (χ2n) is 3.14. The molecule has 2 aromatic rings. The quantitative estimate of drug-likeness (QED) is 0.831. The summed E-state index contributed by atoms with van der Waals surface area (Å²) in [5, 5.41) is 8.63. The molecule has 5 heteroatoms. The Labute approximate surface area is 91.8 Å². The lowest BCUT2D eigenvalue weighted by molar-refractivity contribution is -0.136. The number of carbonyl (C=O) groups is 1. The van der Waals surface area contributed by atoms with Crippen molar-refractivity contribution in [3.63, 3.8) is 0 Å². The maximum absolute atomic E-state index is 10.5. The number of carboxylic acids is 1. The van der Waals surface area contributed by atoms with Gasteiger partial charge < -0.3 is 5.11 Å². The van der Waals surface area contributed by atoms with Crippen molar-refractivity contribution in [1.29, 1.82) is 0 Å². The van der Waals surface area contributed by atoms with Gasteiger partial charge in [0.2, 0.25) is 0 Å². The van der Waals surface area contributed by atoms with E-state index in [-0.39, 0.29) is 12.2 Å². The van der Waals surface area contributed by atoms with Crippen molar-refractivity contribution in [2.24, 2.45) is 0 Å². The molecule has 80 valence electrons. The number of hydrogen-bond acceptors (Lipinski definition) is 4. The van der Waals surface area contributed by atoms with Crippen LogP contribution >= 0.6 is 0 Å². The van der Waals surface area contributed by atoms with Gasteiger partial charge in [0.05, 0.1) is 11.4 Å². The number of aromatic nitrogens is 3. The van der Waals surface area contributed by atoms with Crippen LogP contribution < -0.4 is 0 Å². The SMILES string of the molecule is O=C(O)Cc1nccc(-c2ccccn2)n1. The first-order chi connectivity index (χ1) is 7.75. The number of hydrogen-bond donors (Lipinski definition) is 1. The van der Waals surface area contributed by atoms with Gasteiger partial charge in [-0.25, -0.2) is 9.97 Å². The van der Waals surface area contributed by atoms with Gasteiger partial charge in [-0.15, -0.1) is 0 Å². The summed E-state index contributed by atoms with van der Waals surface area (Å²) in [7, 11) is 0. The third-order valence-corrected chi connectivity index (χ3v) is 1.94. The number of pyridine rings is 1. The zero-order chi connectivity index (χ0) is 11.4. The number of carboxylic acid groups (broad SMARTS) is 1. The van der Waals surface area contributed by atoms with Crippen LogP contribution in [-0.4, -0.2) is 26.0 Å². The van der Waals surface area contributed by atoms with E-state index < -0.39 is 5.97 Å². The molecule has 0 fully saturated rings. The Kier molecular flexibility index (Phi) is 2.86. The fraction of sp³-hybridized carbons (Fsp3) is 0.0909. The van der Waals surface area contributed by atoms with E-state index in [1.807, 2.05) is 18.2 Å². The van der Waals surface area contributed by atoms with Gasteiger partial charge in [0, 0.05) is 12.4 Å². The molecule has 0 atom stereocenters. The highest BCUT2D eigenvalue weighted by atomic mass is 16.4. The second-order valence-corrected chi connectivity index (χ2v) is 3.14. The van der Waals surface area contributed by atoms with Crippen LogP contribution in [0.15, 0.2) is 36.7 Å². The van der Waals surface area contributed by atoms with Crippen molar-refractivity contribution in [1.82, 2.24) is 15.0 Å². The highest BCUT2D eigenvalue weighted by molar-refractivity contribution is 5.69. The topological polar surface area (TPSA) is 76.0 Å². The van der Waals surface area contributed by atoms with E-state index in [2.05, 4.69) is 15.0 Å². The van der Waals surface area contributed by atoms with Gasteiger partial charge in [-0.3, -0.25) is 9.78 Å². The van der Waals surface area contributed by atoms with Crippen LogP contribution in [0.5, 0.6) is 0 Å². The molecule has 1 N–H and O–H groups in total. The smallest absolute Gasteiger partial charge is 0.311 e. The van der Waals surface area contributed by atoms with Gasteiger partial charge in [0.15, 0.2) is 0 Å². The zero-order valence-corrected chi connectivity index (χ0v) is 8.37. The average molecular weight is 215 g/mol. The van der Waals surface area contributed by atoms with Gasteiger partial charge in [-0.2, -0.15) is 0 Å². The molecule has 2 rings (SSSR count). The van der Waals surface area contributed by atoms with Crippen LogP contribution in [0.4, 0.5) is 0 Å². The minimum absolute atomic E-state index is 0.180. The Hall–Kier alpha value is -2.30. The van der Waals surface area contributed by atoms with Gasteiger partial charge in [0.1, 0.15) is 12.2 Å². The van der Waals surface area contributed by atoms with Crippen molar-refractivity contribution in [2.75, 3.05) is 0 Å². The molecule has 0 bridgehead atoms. The molecule has 0 aliphatic rings. The highest BCUT2D eigenvalue weighted by Gasteiger charge is 2.06. The van der Waals surface area contributed by atoms with Gasteiger partial charge in [-0.05, 0) is 18.2 Å². The average Bonchev–Trinajstić information content (AvgIpc) is 2.30. The van der Waals surface area contributed by atoms with E-state index in [0.29, 0.717) is 11.4 Å². The Morgan fingerprint density at radius 1 is 1.12 bits per heavy atom. The van der Waals surface area contributed by atoms with Crippen LogP contribution in [0.3, 0.4) is 0 Å². The lowest BCUT2D eigenvalue weighted by Crippen LogP contribution is -2.05. The molecule has 2 aromatic heterocycles. The van der Waals surface area contributed by atoms with Crippen molar-refractivity contribution in [2.45, 2.75) is 6.42 Å². The first kappa shape index (κ1) is 10.2. The Morgan fingerprint density at radius 3 is 2.69 bits per heavy atom. The minimum atomic E-state index is -0.946. The summed E-state index contributed by atoms with van der Waals surface area (Å²) in [6, 6.07) is 7.17. The molecular formula is C11H9N3O2. The molecule has 0 unspecified atom stereocenters. The predicted octanol–water partition coefficient (Wildman–Crippen LogP) is 1.17. The van der Waals surface area contributed by atoms with Crippen molar-refractivity contribution in [3.05, 3.63) is 42.5 Å². The largest absolute Gasteiger partial charge is 0.481 e. The second kappa shape index (κ2) is 4.48. The first-order valence-electron chi connectivity index (χ1n) is 4.71. The van der Waals surface area contributed by atoms with Gasteiger partial charge >= 0.3 is 5.97 Å². The fourth-order valence-corrected chi connectivity index (χ4v) is 1.28. The maximum atomic E-state index is 10.5. The van der Waals surface area contributed by atoms with Gasteiger partial charge in [-0.1, -0.05) is 6.07 Å². The summed E-state index contributed by atoms with van der Waals surface area (Å²) in [5.41, 5.74) is 1.34.